The summed E-state index contributed by atoms with van der Waals surface area (Å²) in [6, 6.07) is 0.0638. The van der Waals surface area contributed by atoms with Gasteiger partial charge in [0.05, 0.1) is 0 Å². The normalized spacial score (nSPS) is 16.5. The standard InChI is InChI=1S/C15H27N5O/c1-4-16-15(21)20-11-8-18(9-12-20)7-10-19-6-5-17-14(19)13(2)3/h5-6,13H,4,7-12H2,1-3H3,(H,16,21). The van der Waals surface area contributed by atoms with E-state index in [9.17, 15) is 4.79 Å². The third-order valence-corrected chi connectivity index (χ3v) is 3.91. The molecule has 6 nitrogen and oxygen atoms in total. The van der Waals surface area contributed by atoms with Gasteiger partial charge in [-0.05, 0) is 6.92 Å². The first-order chi connectivity index (χ1) is 10.1. The van der Waals surface area contributed by atoms with Crippen molar-refractivity contribution in [2.45, 2.75) is 33.2 Å². The molecule has 0 aromatic carbocycles. The Labute approximate surface area is 127 Å². The summed E-state index contributed by atoms with van der Waals surface area (Å²) >= 11 is 0. The average Bonchev–Trinajstić information content (AvgIpc) is 2.94. The van der Waals surface area contributed by atoms with Crippen LogP contribution in [0.15, 0.2) is 12.4 Å². The first-order valence-corrected chi connectivity index (χ1v) is 7.88. The molecule has 2 amide bonds. The maximum absolute atomic E-state index is 11.8. The van der Waals surface area contributed by atoms with Crippen molar-refractivity contribution >= 4 is 6.03 Å². The van der Waals surface area contributed by atoms with Gasteiger partial charge in [-0.1, -0.05) is 13.8 Å². The minimum atomic E-state index is 0.0638. The van der Waals surface area contributed by atoms with Crippen LogP contribution in [0.4, 0.5) is 4.79 Å². The Morgan fingerprint density at radius 1 is 1.29 bits per heavy atom. The van der Waals surface area contributed by atoms with Gasteiger partial charge in [0.2, 0.25) is 0 Å². The largest absolute Gasteiger partial charge is 0.338 e. The number of nitrogens with one attached hydrogen (secondary N) is 1. The van der Waals surface area contributed by atoms with Gasteiger partial charge in [0.25, 0.3) is 0 Å². The van der Waals surface area contributed by atoms with Crippen LogP contribution in [0.1, 0.15) is 32.5 Å². The molecule has 0 saturated carbocycles. The molecule has 1 fully saturated rings. The van der Waals surface area contributed by atoms with E-state index in [0.717, 1.165) is 45.1 Å². The maximum Gasteiger partial charge on any atom is 0.317 e. The van der Waals surface area contributed by atoms with Gasteiger partial charge in [0.15, 0.2) is 0 Å². The number of rotatable bonds is 5. The predicted octanol–water partition coefficient (Wildman–Crippen LogP) is 1.35. The second-order valence-corrected chi connectivity index (χ2v) is 5.80. The Kier molecular flexibility index (Phi) is 5.61. The SMILES string of the molecule is CCNC(=O)N1CCN(CCn2ccnc2C(C)C)CC1. The number of aromatic nitrogens is 2. The van der Waals surface area contributed by atoms with Crippen molar-refractivity contribution in [3.8, 4) is 0 Å². The van der Waals surface area contributed by atoms with Crippen LogP contribution in [-0.4, -0.2) is 64.7 Å². The first-order valence-electron chi connectivity index (χ1n) is 7.88. The summed E-state index contributed by atoms with van der Waals surface area (Å²) in [5.74, 6) is 1.60. The van der Waals surface area contributed by atoms with Crippen molar-refractivity contribution in [2.75, 3.05) is 39.3 Å². The molecular formula is C15H27N5O. The molecule has 1 aromatic rings. The summed E-state index contributed by atoms with van der Waals surface area (Å²) in [5, 5.41) is 2.86. The average molecular weight is 293 g/mol. The molecule has 0 bridgehead atoms. The van der Waals surface area contributed by atoms with E-state index < -0.39 is 0 Å². The highest BCUT2D eigenvalue weighted by atomic mass is 16.2. The molecule has 1 aliphatic heterocycles. The highest BCUT2D eigenvalue weighted by Crippen LogP contribution is 2.12. The zero-order valence-corrected chi connectivity index (χ0v) is 13.4. The topological polar surface area (TPSA) is 53.4 Å². The Balaban J connectivity index is 1.76. The summed E-state index contributed by atoms with van der Waals surface area (Å²) in [6.45, 7) is 12.5. The van der Waals surface area contributed by atoms with E-state index in [1.54, 1.807) is 0 Å². The van der Waals surface area contributed by atoms with Crippen molar-refractivity contribution in [3.05, 3.63) is 18.2 Å². The number of piperazine rings is 1. The summed E-state index contributed by atoms with van der Waals surface area (Å²) in [5.41, 5.74) is 0. The van der Waals surface area contributed by atoms with E-state index in [0.29, 0.717) is 12.5 Å². The number of amides is 2. The lowest BCUT2D eigenvalue weighted by Gasteiger charge is -2.34. The molecule has 0 unspecified atom stereocenters. The molecule has 1 aliphatic rings. The van der Waals surface area contributed by atoms with Crippen LogP contribution in [0.25, 0.3) is 0 Å². The third kappa shape index (κ3) is 4.20. The lowest BCUT2D eigenvalue weighted by atomic mass is 10.2. The van der Waals surface area contributed by atoms with Crippen molar-refractivity contribution in [1.29, 1.82) is 0 Å². The Hall–Kier alpha value is -1.56. The first kappa shape index (κ1) is 15.8. The van der Waals surface area contributed by atoms with Crippen LogP contribution >= 0.6 is 0 Å². The number of carbonyl (C=O) groups is 1. The van der Waals surface area contributed by atoms with Crippen LogP contribution in [0.2, 0.25) is 0 Å². The third-order valence-electron chi connectivity index (χ3n) is 3.91. The second kappa shape index (κ2) is 7.45. The number of hydrogen-bond acceptors (Lipinski definition) is 3. The van der Waals surface area contributed by atoms with Crippen LogP contribution in [0.3, 0.4) is 0 Å². The molecule has 6 heteroatoms. The van der Waals surface area contributed by atoms with E-state index in [-0.39, 0.29) is 6.03 Å². The number of nitrogens with zero attached hydrogens (tertiary/aromatic N) is 4. The van der Waals surface area contributed by atoms with Gasteiger partial charge in [-0.15, -0.1) is 0 Å². The van der Waals surface area contributed by atoms with Crippen molar-refractivity contribution in [1.82, 2.24) is 24.7 Å². The van der Waals surface area contributed by atoms with Gasteiger partial charge in [0.1, 0.15) is 5.82 Å². The highest BCUT2D eigenvalue weighted by molar-refractivity contribution is 5.74. The zero-order valence-electron chi connectivity index (χ0n) is 13.4. The Morgan fingerprint density at radius 2 is 2.00 bits per heavy atom. The van der Waals surface area contributed by atoms with Gasteiger partial charge in [0, 0.05) is 64.1 Å². The predicted molar refractivity (Wildman–Crippen MR) is 83.4 cm³/mol. The molecule has 21 heavy (non-hydrogen) atoms. The van der Waals surface area contributed by atoms with Gasteiger partial charge >= 0.3 is 6.03 Å². The molecule has 118 valence electrons. The minimum Gasteiger partial charge on any atom is -0.338 e. The fourth-order valence-corrected chi connectivity index (χ4v) is 2.70. The fraction of sp³-hybridized carbons (Fsp3) is 0.733. The van der Waals surface area contributed by atoms with Gasteiger partial charge in [-0.2, -0.15) is 0 Å². The number of hydrogen-bond donors (Lipinski definition) is 1. The molecule has 0 aliphatic carbocycles. The van der Waals surface area contributed by atoms with Crippen LogP contribution in [0.5, 0.6) is 0 Å². The summed E-state index contributed by atoms with van der Waals surface area (Å²) in [6.07, 6.45) is 3.93. The van der Waals surface area contributed by atoms with Crippen LogP contribution < -0.4 is 5.32 Å². The van der Waals surface area contributed by atoms with Crippen LogP contribution in [-0.2, 0) is 6.54 Å². The summed E-state index contributed by atoms with van der Waals surface area (Å²) in [7, 11) is 0. The van der Waals surface area contributed by atoms with Crippen molar-refractivity contribution < 1.29 is 4.79 Å². The van der Waals surface area contributed by atoms with Crippen molar-refractivity contribution in [3.63, 3.8) is 0 Å². The molecule has 1 N–H and O–H groups in total. The second-order valence-electron chi connectivity index (χ2n) is 5.80. The lowest BCUT2D eigenvalue weighted by Crippen LogP contribution is -2.52. The lowest BCUT2D eigenvalue weighted by molar-refractivity contribution is 0.137. The minimum absolute atomic E-state index is 0.0638. The number of carbonyl (C=O) groups excluding carboxylic acids is 1. The van der Waals surface area contributed by atoms with Gasteiger partial charge in [-0.3, -0.25) is 4.90 Å². The van der Waals surface area contributed by atoms with E-state index in [2.05, 4.69) is 39.8 Å². The molecular weight excluding hydrogens is 266 g/mol. The van der Waals surface area contributed by atoms with E-state index in [1.807, 2.05) is 18.0 Å². The van der Waals surface area contributed by atoms with Gasteiger partial charge < -0.3 is 14.8 Å². The molecule has 0 atom stereocenters. The Morgan fingerprint density at radius 3 is 2.62 bits per heavy atom. The van der Waals surface area contributed by atoms with E-state index >= 15 is 0 Å². The quantitative estimate of drug-likeness (QED) is 0.891. The number of imidazole rings is 1. The highest BCUT2D eigenvalue weighted by Gasteiger charge is 2.20. The summed E-state index contributed by atoms with van der Waals surface area (Å²) in [4.78, 5) is 20.5. The monoisotopic (exact) mass is 293 g/mol. The van der Waals surface area contributed by atoms with E-state index in [1.165, 1.54) is 0 Å². The van der Waals surface area contributed by atoms with Crippen molar-refractivity contribution in [2.24, 2.45) is 0 Å². The molecule has 2 rings (SSSR count). The molecule has 1 saturated heterocycles. The summed E-state index contributed by atoms with van der Waals surface area (Å²) < 4.78 is 2.24. The maximum atomic E-state index is 11.8. The Bertz CT molecular complexity index is 449. The number of urea groups is 1. The smallest absolute Gasteiger partial charge is 0.317 e. The van der Waals surface area contributed by atoms with Gasteiger partial charge in [-0.25, -0.2) is 9.78 Å². The fourth-order valence-electron chi connectivity index (χ4n) is 2.70. The zero-order chi connectivity index (χ0) is 15.2. The molecule has 0 radical (unpaired) electrons. The molecule has 1 aromatic heterocycles. The van der Waals surface area contributed by atoms with Crippen LogP contribution in [0, 0.1) is 0 Å². The molecule has 2 heterocycles. The molecule has 0 spiro atoms. The van der Waals surface area contributed by atoms with E-state index in [4.69, 9.17) is 0 Å².